The molecule has 19 heavy (non-hydrogen) atoms. The molecule has 1 aromatic carbocycles. The van der Waals surface area contributed by atoms with Crippen LogP contribution in [-0.2, 0) is 11.0 Å². The Morgan fingerprint density at radius 1 is 1.21 bits per heavy atom. The number of carbonyl (C=O) groups is 1. The van der Waals surface area contributed by atoms with E-state index in [4.69, 9.17) is 4.74 Å². The van der Waals surface area contributed by atoms with Gasteiger partial charge in [-0.25, -0.2) is 0 Å². The summed E-state index contributed by atoms with van der Waals surface area (Å²) in [5.41, 5.74) is -0.369. The summed E-state index contributed by atoms with van der Waals surface area (Å²) in [4.78, 5) is 11.2. The topological polar surface area (TPSA) is 26.3 Å². The Balaban J connectivity index is 2.36. The monoisotopic (exact) mass is 272 g/mol. The number of benzene rings is 1. The van der Waals surface area contributed by atoms with E-state index in [-0.39, 0.29) is 23.0 Å². The first-order valence-electron chi connectivity index (χ1n) is 6.18. The molecule has 0 aliphatic heterocycles. The lowest BCUT2D eigenvalue weighted by molar-refractivity contribution is -0.138. The van der Waals surface area contributed by atoms with E-state index in [2.05, 4.69) is 0 Å². The summed E-state index contributed by atoms with van der Waals surface area (Å²) in [6.45, 7) is 0. The standard InChI is InChI=1S/C14H15F3O2/c1-19-11-6-7-12(13(8-11)14(15,16)17)9-2-4-10(18)5-3-9/h6-9H,2-5H2,1H3. The summed E-state index contributed by atoms with van der Waals surface area (Å²) in [7, 11) is 1.34. The van der Waals surface area contributed by atoms with Crippen molar-refractivity contribution in [3.05, 3.63) is 29.3 Å². The summed E-state index contributed by atoms with van der Waals surface area (Å²) < 4.78 is 44.1. The molecule has 1 aliphatic carbocycles. The van der Waals surface area contributed by atoms with Gasteiger partial charge in [-0.1, -0.05) is 6.07 Å². The van der Waals surface area contributed by atoms with Crippen LogP contribution in [0.25, 0.3) is 0 Å². The van der Waals surface area contributed by atoms with Crippen molar-refractivity contribution in [3.8, 4) is 5.75 Å². The van der Waals surface area contributed by atoms with Crippen LogP contribution in [-0.4, -0.2) is 12.9 Å². The maximum Gasteiger partial charge on any atom is 0.416 e. The van der Waals surface area contributed by atoms with Gasteiger partial charge in [0.2, 0.25) is 0 Å². The second-order valence-corrected chi connectivity index (χ2v) is 4.76. The van der Waals surface area contributed by atoms with Gasteiger partial charge in [0, 0.05) is 12.8 Å². The fraction of sp³-hybridized carbons (Fsp3) is 0.500. The Kier molecular flexibility index (Phi) is 3.83. The van der Waals surface area contributed by atoms with Crippen molar-refractivity contribution in [2.75, 3.05) is 7.11 Å². The molecule has 0 heterocycles. The van der Waals surface area contributed by atoms with Crippen LogP contribution in [0.4, 0.5) is 13.2 Å². The molecule has 1 aromatic rings. The number of ether oxygens (including phenoxy) is 1. The first-order chi connectivity index (χ1) is 8.91. The maximum absolute atomic E-state index is 13.1. The molecule has 0 radical (unpaired) electrons. The van der Waals surface area contributed by atoms with Crippen molar-refractivity contribution in [1.29, 1.82) is 0 Å². The van der Waals surface area contributed by atoms with Crippen LogP contribution in [0.2, 0.25) is 0 Å². The molecule has 0 aromatic heterocycles. The van der Waals surface area contributed by atoms with Gasteiger partial charge in [0.1, 0.15) is 11.5 Å². The Morgan fingerprint density at radius 2 is 1.84 bits per heavy atom. The molecule has 1 fully saturated rings. The van der Waals surface area contributed by atoms with Crippen LogP contribution in [0.3, 0.4) is 0 Å². The van der Waals surface area contributed by atoms with Crippen molar-refractivity contribution < 1.29 is 22.7 Å². The van der Waals surface area contributed by atoms with E-state index in [1.165, 1.54) is 13.2 Å². The molecule has 0 amide bonds. The van der Waals surface area contributed by atoms with Gasteiger partial charge in [0.15, 0.2) is 0 Å². The van der Waals surface area contributed by atoms with Crippen LogP contribution < -0.4 is 4.74 Å². The highest BCUT2D eigenvalue weighted by Crippen LogP contribution is 2.41. The van der Waals surface area contributed by atoms with Gasteiger partial charge in [-0.2, -0.15) is 13.2 Å². The van der Waals surface area contributed by atoms with Crippen LogP contribution in [0.15, 0.2) is 18.2 Å². The summed E-state index contributed by atoms with van der Waals surface area (Å²) in [5, 5.41) is 0. The van der Waals surface area contributed by atoms with Gasteiger partial charge in [0.05, 0.1) is 12.7 Å². The van der Waals surface area contributed by atoms with E-state index < -0.39 is 11.7 Å². The molecule has 104 valence electrons. The number of hydrogen-bond acceptors (Lipinski definition) is 2. The summed E-state index contributed by atoms with van der Waals surface area (Å²) in [6, 6.07) is 4.05. The van der Waals surface area contributed by atoms with Gasteiger partial charge in [-0.05, 0) is 36.5 Å². The Hall–Kier alpha value is -1.52. The summed E-state index contributed by atoms with van der Waals surface area (Å²) in [6.07, 6.45) is -2.67. The molecule has 1 aliphatic rings. The molecule has 2 rings (SSSR count). The normalized spacial score (nSPS) is 17.6. The smallest absolute Gasteiger partial charge is 0.416 e. The van der Waals surface area contributed by atoms with E-state index in [1.54, 1.807) is 6.07 Å². The molecular formula is C14H15F3O2. The quantitative estimate of drug-likeness (QED) is 0.815. The summed E-state index contributed by atoms with van der Waals surface area (Å²) in [5.74, 6) is 0.140. The van der Waals surface area contributed by atoms with Crippen molar-refractivity contribution in [3.63, 3.8) is 0 Å². The molecule has 0 saturated heterocycles. The first kappa shape index (κ1) is 13.9. The minimum atomic E-state index is -4.40. The zero-order valence-electron chi connectivity index (χ0n) is 10.6. The molecule has 5 heteroatoms. The molecular weight excluding hydrogens is 257 g/mol. The van der Waals surface area contributed by atoms with E-state index >= 15 is 0 Å². The molecule has 0 atom stereocenters. The number of carbonyl (C=O) groups excluding carboxylic acids is 1. The predicted octanol–water partition coefficient (Wildman–Crippen LogP) is 3.94. The fourth-order valence-electron chi connectivity index (χ4n) is 2.51. The minimum absolute atomic E-state index is 0.137. The zero-order chi connectivity index (χ0) is 14.0. The Bertz CT molecular complexity index is 470. The zero-order valence-corrected chi connectivity index (χ0v) is 10.6. The average Bonchev–Trinajstić information content (AvgIpc) is 2.38. The second-order valence-electron chi connectivity index (χ2n) is 4.76. The molecule has 0 N–H and O–H groups in total. The van der Waals surface area contributed by atoms with Gasteiger partial charge >= 0.3 is 6.18 Å². The third-order valence-electron chi connectivity index (χ3n) is 3.55. The van der Waals surface area contributed by atoms with Crippen molar-refractivity contribution in [2.24, 2.45) is 0 Å². The largest absolute Gasteiger partial charge is 0.497 e. The van der Waals surface area contributed by atoms with Crippen molar-refractivity contribution in [1.82, 2.24) is 0 Å². The molecule has 0 bridgehead atoms. The van der Waals surface area contributed by atoms with Gasteiger partial charge < -0.3 is 4.74 Å². The van der Waals surface area contributed by atoms with Gasteiger partial charge in [0.25, 0.3) is 0 Å². The van der Waals surface area contributed by atoms with Gasteiger partial charge in [-0.15, -0.1) is 0 Å². The highest BCUT2D eigenvalue weighted by molar-refractivity contribution is 5.79. The first-order valence-corrected chi connectivity index (χ1v) is 6.18. The van der Waals surface area contributed by atoms with Crippen LogP contribution in [0.5, 0.6) is 5.75 Å². The van der Waals surface area contributed by atoms with Crippen LogP contribution in [0.1, 0.15) is 42.7 Å². The van der Waals surface area contributed by atoms with Crippen molar-refractivity contribution in [2.45, 2.75) is 37.8 Å². The lowest BCUT2D eigenvalue weighted by Gasteiger charge is -2.25. The maximum atomic E-state index is 13.1. The minimum Gasteiger partial charge on any atom is -0.497 e. The number of alkyl halides is 3. The SMILES string of the molecule is COc1ccc(C2CCC(=O)CC2)c(C(F)(F)F)c1. The molecule has 0 unspecified atom stereocenters. The Labute approximate surface area is 109 Å². The highest BCUT2D eigenvalue weighted by atomic mass is 19.4. The molecule has 0 spiro atoms. The number of methoxy groups -OCH3 is 1. The number of halogens is 3. The fourth-order valence-corrected chi connectivity index (χ4v) is 2.51. The van der Waals surface area contributed by atoms with E-state index in [9.17, 15) is 18.0 Å². The molecule has 1 saturated carbocycles. The van der Waals surface area contributed by atoms with Crippen LogP contribution in [0, 0.1) is 0 Å². The highest BCUT2D eigenvalue weighted by Gasteiger charge is 2.36. The third-order valence-corrected chi connectivity index (χ3v) is 3.55. The number of hydrogen-bond donors (Lipinski definition) is 0. The second kappa shape index (κ2) is 5.23. The Morgan fingerprint density at radius 3 is 2.37 bits per heavy atom. The van der Waals surface area contributed by atoms with Gasteiger partial charge in [-0.3, -0.25) is 4.79 Å². The van der Waals surface area contributed by atoms with Crippen molar-refractivity contribution >= 4 is 5.78 Å². The number of rotatable bonds is 2. The lowest BCUT2D eigenvalue weighted by atomic mass is 9.81. The number of ketones is 1. The third kappa shape index (κ3) is 3.08. The predicted molar refractivity (Wildman–Crippen MR) is 64.2 cm³/mol. The van der Waals surface area contributed by atoms with E-state index in [0.29, 0.717) is 25.7 Å². The number of Topliss-reactive ketones (excluding diaryl/α,β-unsaturated/α-hetero) is 1. The molecule has 2 nitrogen and oxygen atoms in total. The van der Waals surface area contributed by atoms with Crippen LogP contribution >= 0.6 is 0 Å². The average molecular weight is 272 g/mol. The lowest BCUT2D eigenvalue weighted by Crippen LogP contribution is -2.17. The van der Waals surface area contributed by atoms with E-state index in [0.717, 1.165) is 6.07 Å². The van der Waals surface area contributed by atoms with E-state index in [1.807, 2.05) is 0 Å². The summed E-state index contributed by atoms with van der Waals surface area (Å²) >= 11 is 0.